The van der Waals surface area contributed by atoms with E-state index in [1.165, 1.54) is 32.7 Å². The highest BCUT2D eigenvalue weighted by Crippen LogP contribution is 2.37. The summed E-state index contributed by atoms with van der Waals surface area (Å²) < 4.78 is 15.8. The molecule has 0 aliphatic heterocycles. The molecule has 0 fully saturated rings. The Labute approximate surface area is 150 Å². The van der Waals surface area contributed by atoms with Crippen LogP contribution in [-0.4, -0.2) is 27.2 Å². The van der Waals surface area contributed by atoms with Crippen LogP contribution in [0.3, 0.4) is 0 Å². The highest BCUT2D eigenvalue weighted by molar-refractivity contribution is 7.16. The highest BCUT2D eigenvalue weighted by Gasteiger charge is 2.21. The van der Waals surface area contributed by atoms with Crippen LogP contribution in [0.25, 0.3) is 0 Å². The molecule has 1 heterocycles. The van der Waals surface area contributed by atoms with Crippen molar-refractivity contribution < 1.29 is 19.0 Å². The number of benzene rings is 1. The van der Waals surface area contributed by atoms with E-state index in [0.717, 1.165) is 16.9 Å². The first-order valence-electron chi connectivity index (χ1n) is 7.64. The van der Waals surface area contributed by atoms with Gasteiger partial charge in [-0.3, -0.25) is 4.79 Å². The third kappa shape index (κ3) is 3.54. The first-order valence-corrected chi connectivity index (χ1v) is 8.45. The van der Waals surface area contributed by atoms with E-state index in [2.05, 4.69) is 11.4 Å². The number of carbonyl (C=O) groups is 1. The largest absolute Gasteiger partial charge is 0.496 e. The second kappa shape index (κ2) is 7.90. The number of carbonyl (C=O) groups excluding carboxylic acids is 1. The van der Waals surface area contributed by atoms with Crippen LogP contribution in [0, 0.1) is 18.3 Å². The minimum Gasteiger partial charge on any atom is -0.496 e. The van der Waals surface area contributed by atoms with Crippen molar-refractivity contribution in [3.05, 3.63) is 33.7 Å². The molecule has 132 valence electrons. The van der Waals surface area contributed by atoms with Gasteiger partial charge in [-0.15, -0.1) is 11.3 Å². The standard InChI is InChI=1S/C18H20N2O4S/c1-6-11-10(2)25-18(13(11)9-19)20-17(21)12-7-15(23-4)16(24-5)8-14(12)22-3/h7-8H,6H2,1-5H3,(H,20,21). The molecule has 1 amide bonds. The molecule has 0 radical (unpaired) electrons. The number of amides is 1. The Kier molecular flexibility index (Phi) is 5.88. The predicted octanol–water partition coefficient (Wildman–Crippen LogP) is 3.77. The molecule has 0 saturated carbocycles. The van der Waals surface area contributed by atoms with E-state index in [4.69, 9.17) is 14.2 Å². The van der Waals surface area contributed by atoms with E-state index in [0.29, 0.717) is 33.4 Å². The summed E-state index contributed by atoms with van der Waals surface area (Å²) in [4.78, 5) is 13.8. The summed E-state index contributed by atoms with van der Waals surface area (Å²) in [5.74, 6) is 0.871. The summed E-state index contributed by atoms with van der Waals surface area (Å²) in [6.45, 7) is 3.93. The van der Waals surface area contributed by atoms with Crippen LogP contribution in [0.2, 0.25) is 0 Å². The van der Waals surface area contributed by atoms with Crippen LogP contribution in [-0.2, 0) is 6.42 Å². The molecule has 6 nitrogen and oxygen atoms in total. The molecule has 0 bridgehead atoms. The highest BCUT2D eigenvalue weighted by atomic mass is 32.1. The van der Waals surface area contributed by atoms with Crippen LogP contribution in [0.4, 0.5) is 5.00 Å². The Hall–Kier alpha value is -2.72. The van der Waals surface area contributed by atoms with Gasteiger partial charge in [0.1, 0.15) is 16.8 Å². The fourth-order valence-electron chi connectivity index (χ4n) is 2.59. The lowest BCUT2D eigenvalue weighted by Gasteiger charge is -2.13. The van der Waals surface area contributed by atoms with Crippen molar-refractivity contribution in [3.8, 4) is 23.3 Å². The van der Waals surface area contributed by atoms with Crippen LogP contribution < -0.4 is 19.5 Å². The number of rotatable bonds is 6. The molecular formula is C18H20N2O4S. The van der Waals surface area contributed by atoms with E-state index in [-0.39, 0.29) is 5.91 Å². The van der Waals surface area contributed by atoms with Crippen LogP contribution in [0.15, 0.2) is 12.1 Å². The second-order valence-corrected chi connectivity index (χ2v) is 6.39. The molecule has 0 atom stereocenters. The van der Waals surface area contributed by atoms with E-state index >= 15 is 0 Å². The maximum absolute atomic E-state index is 12.7. The molecule has 0 aliphatic carbocycles. The van der Waals surface area contributed by atoms with Gasteiger partial charge in [0.15, 0.2) is 11.5 Å². The average molecular weight is 360 g/mol. The van der Waals surface area contributed by atoms with Crippen LogP contribution in [0.1, 0.15) is 33.3 Å². The van der Waals surface area contributed by atoms with E-state index in [9.17, 15) is 10.1 Å². The molecule has 0 saturated heterocycles. The molecule has 1 aromatic carbocycles. The van der Waals surface area contributed by atoms with Crippen molar-refractivity contribution in [3.63, 3.8) is 0 Å². The Balaban J connectivity index is 2.44. The number of anilines is 1. The van der Waals surface area contributed by atoms with Gasteiger partial charge in [-0.05, 0) is 18.9 Å². The van der Waals surface area contributed by atoms with Crippen LogP contribution >= 0.6 is 11.3 Å². The third-order valence-electron chi connectivity index (χ3n) is 3.85. The quantitative estimate of drug-likeness (QED) is 0.848. The Morgan fingerprint density at radius 1 is 1.16 bits per heavy atom. The number of thiophene rings is 1. The van der Waals surface area contributed by atoms with Gasteiger partial charge in [-0.2, -0.15) is 5.26 Å². The molecule has 2 rings (SSSR count). The summed E-state index contributed by atoms with van der Waals surface area (Å²) >= 11 is 1.39. The summed E-state index contributed by atoms with van der Waals surface area (Å²) in [6, 6.07) is 5.33. The monoisotopic (exact) mass is 360 g/mol. The smallest absolute Gasteiger partial charge is 0.260 e. The lowest BCUT2D eigenvalue weighted by atomic mass is 10.1. The SMILES string of the molecule is CCc1c(C)sc(NC(=O)c2cc(OC)c(OC)cc2OC)c1C#N. The van der Waals surface area contributed by atoms with E-state index in [1.54, 1.807) is 12.1 Å². The lowest BCUT2D eigenvalue weighted by Crippen LogP contribution is -2.13. The average Bonchev–Trinajstić information content (AvgIpc) is 2.94. The Bertz CT molecular complexity index is 837. The molecule has 7 heteroatoms. The first kappa shape index (κ1) is 18.6. The zero-order valence-electron chi connectivity index (χ0n) is 14.9. The molecule has 1 aromatic heterocycles. The predicted molar refractivity (Wildman–Crippen MR) is 97.2 cm³/mol. The second-order valence-electron chi connectivity index (χ2n) is 5.17. The maximum atomic E-state index is 12.7. The van der Waals surface area contributed by atoms with Gasteiger partial charge < -0.3 is 19.5 Å². The summed E-state index contributed by atoms with van der Waals surface area (Å²) in [6.07, 6.45) is 0.737. The van der Waals surface area contributed by atoms with E-state index in [1.807, 2.05) is 13.8 Å². The minimum absolute atomic E-state index is 0.299. The van der Waals surface area contributed by atoms with Crippen molar-refractivity contribution in [1.82, 2.24) is 0 Å². The van der Waals surface area contributed by atoms with Crippen molar-refractivity contribution >= 4 is 22.2 Å². The first-order chi connectivity index (χ1) is 12.0. The Morgan fingerprint density at radius 3 is 2.28 bits per heavy atom. The number of nitriles is 1. The van der Waals surface area contributed by atoms with Crippen LogP contribution in [0.5, 0.6) is 17.2 Å². The number of aryl methyl sites for hydroxylation is 1. The molecule has 2 aromatic rings. The van der Waals surface area contributed by atoms with Gasteiger partial charge in [0.05, 0.1) is 32.5 Å². The lowest BCUT2D eigenvalue weighted by molar-refractivity contribution is 0.102. The zero-order chi connectivity index (χ0) is 18.6. The molecular weight excluding hydrogens is 340 g/mol. The van der Waals surface area contributed by atoms with Gasteiger partial charge in [0.25, 0.3) is 5.91 Å². The fourth-order valence-corrected chi connectivity index (χ4v) is 3.68. The summed E-state index contributed by atoms with van der Waals surface area (Å²) in [7, 11) is 4.48. The van der Waals surface area contributed by atoms with Gasteiger partial charge >= 0.3 is 0 Å². The molecule has 1 N–H and O–H groups in total. The number of nitrogens with zero attached hydrogens (tertiary/aromatic N) is 1. The van der Waals surface area contributed by atoms with Crippen molar-refractivity contribution in [1.29, 1.82) is 5.26 Å². The number of ether oxygens (including phenoxy) is 3. The number of hydrogen-bond donors (Lipinski definition) is 1. The van der Waals surface area contributed by atoms with Crippen molar-refractivity contribution in [2.24, 2.45) is 0 Å². The van der Waals surface area contributed by atoms with Gasteiger partial charge in [0, 0.05) is 17.0 Å². The molecule has 25 heavy (non-hydrogen) atoms. The topological polar surface area (TPSA) is 80.6 Å². The number of methoxy groups -OCH3 is 3. The summed E-state index contributed by atoms with van der Waals surface area (Å²) in [5.41, 5.74) is 1.77. The Morgan fingerprint density at radius 2 is 1.76 bits per heavy atom. The normalized spacial score (nSPS) is 10.1. The van der Waals surface area contributed by atoms with Crippen molar-refractivity contribution in [2.45, 2.75) is 20.3 Å². The molecule has 0 unspecified atom stereocenters. The molecule has 0 spiro atoms. The fraction of sp³-hybridized carbons (Fsp3) is 0.333. The van der Waals surface area contributed by atoms with Gasteiger partial charge in [-0.1, -0.05) is 6.92 Å². The number of hydrogen-bond acceptors (Lipinski definition) is 6. The van der Waals surface area contributed by atoms with Crippen molar-refractivity contribution in [2.75, 3.05) is 26.6 Å². The zero-order valence-corrected chi connectivity index (χ0v) is 15.7. The van der Waals surface area contributed by atoms with Gasteiger partial charge in [-0.25, -0.2) is 0 Å². The van der Waals surface area contributed by atoms with E-state index < -0.39 is 0 Å². The minimum atomic E-state index is -0.377. The van der Waals surface area contributed by atoms with Gasteiger partial charge in [0.2, 0.25) is 0 Å². The third-order valence-corrected chi connectivity index (χ3v) is 4.91. The maximum Gasteiger partial charge on any atom is 0.260 e. The number of nitrogens with one attached hydrogen (secondary N) is 1. The summed E-state index contributed by atoms with van der Waals surface area (Å²) in [5, 5.41) is 12.8. The molecule has 0 aliphatic rings.